The first-order valence-electron chi connectivity index (χ1n) is 12.4. The smallest absolute Gasteiger partial charge is 0.266 e. The molecular weight excluding hydrogens is 468 g/mol. The quantitative estimate of drug-likeness (QED) is 0.297. The molecule has 0 radical (unpaired) electrons. The van der Waals surface area contributed by atoms with Crippen molar-refractivity contribution in [2.75, 3.05) is 6.61 Å². The third-order valence-corrected chi connectivity index (χ3v) is 6.44. The van der Waals surface area contributed by atoms with Crippen molar-refractivity contribution in [3.63, 3.8) is 0 Å². The molecule has 0 aliphatic rings. The van der Waals surface area contributed by atoms with Gasteiger partial charge in [-0.1, -0.05) is 96.6 Å². The fourth-order valence-electron chi connectivity index (χ4n) is 3.46. The van der Waals surface area contributed by atoms with E-state index >= 15 is 0 Å². The van der Waals surface area contributed by atoms with Gasteiger partial charge < -0.3 is 4.74 Å². The Morgan fingerprint density at radius 2 is 1.56 bits per heavy atom. The molecule has 2 heterocycles. The first-order chi connectivity index (χ1) is 16.9. The summed E-state index contributed by atoms with van der Waals surface area (Å²) >= 11 is 1.60. The monoisotopic (exact) mass is 506 g/mol. The molecule has 1 N–H and O–H groups in total. The van der Waals surface area contributed by atoms with Crippen molar-refractivity contribution < 1.29 is 4.74 Å². The van der Waals surface area contributed by atoms with Gasteiger partial charge in [0.25, 0.3) is 5.56 Å². The molecule has 0 spiro atoms. The van der Waals surface area contributed by atoms with Crippen molar-refractivity contribution in [1.29, 1.82) is 0 Å². The second-order valence-electron chi connectivity index (χ2n) is 10.6. The normalized spacial score (nSPS) is 11.8. The highest BCUT2D eigenvalue weighted by Crippen LogP contribution is 2.32. The van der Waals surface area contributed by atoms with Crippen LogP contribution in [0.5, 0.6) is 5.75 Å². The summed E-state index contributed by atoms with van der Waals surface area (Å²) in [4.78, 5) is 21.0. The van der Waals surface area contributed by atoms with Crippen molar-refractivity contribution in [2.45, 2.75) is 77.1 Å². The molecule has 0 saturated carbocycles. The number of thioether (sulfide) groups is 1. The zero-order valence-corrected chi connectivity index (χ0v) is 23.5. The Kier molecular flexibility index (Phi) is 8.67. The summed E-state index contributed by atoms with van der Waals surface area (Å²) < 4.78 is 6.93. The van der Waals surface area contributed by atoms with Crippen LogP contribution in [0.4, 0.5) is 0 Å². The topological polar surface area (TPSA) is 72.3 Å². The molecule has 0 unspecified atom stereocenters. The molecule has 0 atom stereocenters. The number of aromatic amines is 1. The lowest BCUT2D eigenvalue weighted by atomic mass is 9.87. The highest BCUT2D eigenvalue weighted by atomic mass is 32.2. The zero-order valence-electron chi connectivity index (χ0n) is 22.7. The molecule has 7 heteroatoms. The summed E-state index contributed by atoms with van der Waals surface area (Å²) in [5, 5.41) is 3.50. The van der Waals surface area contributed by atoms with Gasteiger partial charge in [0.1, 0.15) is 5.75 Å². The van der Waals surface area contributed by atoms with Crippen LogP contribution >= 0.6 is 11.8 Å². The molecule has 0 fully saturated rings. The van der Waals surface area contributed by atoms with Gasteiger partial charge in [0.2, 0.25) is 0 Å². The molecule has 4 rings (SSSR count). The zero-order chi connectivity index (χ0) is 26.5. The lowest BCUT2D eigenvalue weighted by molar-refractivity contribution is 0.340. The summed E-state index contributed by atoms with van der Waals surface area (Å²) in [7, 11) is 0. The Labute approximate surface area is 218 Å². The molecule has 36 heavy (non-hydrogen) atoms. The Bertz CT molecular complexity index is 1330. The van der Waals surface area contributed by atoms with E-state index < -0.39 is 0 Å². The van der Waals surface area contributed by atoms with Gasteiger partial charge in [-0.2, -0.15) is 0 Å². The average Bonchev–Trinajstić information content (AvgIpc) is 3.19. The Morgan fingerprint density at radius 3 is 2.08 bits per heavy atom. The molecule has 0 aliphatic heterocycles. The summed E-state index contributed by atoms with van der Waals surface area (Å²) in [5.74, 6) is 1.59. The molecule has 2 aromatic heterocycles. The highest BCUT2D eigenvalue weighted by molar-refractivity contribution is 8.00. The van der Waals surface area contributed by atoms with Crippen LogP contribution in [0.3, 0.4) is 0 Å². The van der Waals surface area contributed by atoms with Crippen LogP contribution in [0.1, 0.15) is 66.5 Å². The van der Waals surface area contributed by atoms with Crippen LogP contribution in [0.2, 0.25) is 0 Å². The summed E-state index contributed by atoms with van der Waals surface area (Å²) in [6.07, 6.45) is 1.09. The number of aryl methyl sites for hydroxylation is 1. The van der Waals surface area contributed by atoms with Crippen molar-refractivity contribution in [3.05, 3.63) is 76.1 Å². The molecule has 0 amide bonds. The first kappa shape index (κ1) is 27.5. The van der Waals surface area contributed by atoms with Gasteiger partial charge in [0.05, 0.1) is 6.61 Å². The third kappa shape index (κ3) is 7.47. The van der Waals surface area contributed by atoms with E-state index in [1.807, 2.05) is 31.2 Å². The first-order valence-corrected chi connectivity index (χ1v) is 13.2. The molecule has 0 bridgehead atoms. The lowest BCUT2D eigenvalue weighted by Crippen LogP contribution is -2.12. The van der Waals surface area contributed by atoms with Crippen molar-refractivity contribution in [1.82, 2.24) is 19.6 Å². The molecule has 0 aliphatic carbocycles. The minimum atomic E-state index is -0.176. The van der Waals surface area contributed by atoms with Gasteiger partial charge >= 0.3 is 0 Å². The van der Waals surface area contributed by atoms with Crippen LogP contribution in [0.25, 0.3) is 17.0 Å². The minimum absolute atomic E-state index is 0.0319. The summed E-state index contributed by atoms with van der Waals surface area (Å²) in [6, 6.07) is 18.1. The molecule has 4 aromatic rings. The van der Waals surface area contributed by atoms with E-state index in [4.69, 9.17) is 9.72 Å². The van der Waals surface area contributed by atoms with Gasteiger partial charge in [0.15, 0.2) is 16.6 Å². The predicted molar refractivity (Wildman–Crippen MR) is 150 cm³/mol. The van der Waals surface area contributed by atoms with Crippen LogP contribution in [0.15, 0.2) is 64.5 Å². The van der Waals surface area contributed by atoms with Gasteiger partial charge in [0, 0.05) is 16.4 Å². The van der Waals surface area contributed by atoms with E-state index in [2.05, 4.69) is 82.8 Å². The maximum Gasteiger partial charge on any atom is 0.266 e. The standard InChI is InChI=1S/C19H24N4OS.C10H14O/c1-18(2,3)13-9-7-12(8-10-13)16-20-14-11-15(24)22-23(14)17(21-16)25-19(4,5)6;1-3-9-5-7-10(8-6-9)11-4-2/h7-11H,1-6H3,(H,22,24);5-8H,3-4H2,1-2H3. The van der Waals surface area contributed by atoms with Crippen LogP contribution < -0.4 is 10.3 Å². The number of rotatable bonds is 5. The number of fused-ring (bicyclic) bond motifs is 1. The number of benzene rings is 2. The number of H-pyrrole nitrogens is 1. The number of ether oxygens (including phenoxy) is 1. The van der Waals surface area contributed by atoms with Crippen molar-refractivity contribution in [2.24, 2.45) is 0 Å². The summed E-state index contributed by atoms with van der Waals surface area (Å²) in [5.41, 5.74) is 4.07. The van der Waals surface area contributed by atoms with E-state index in [0.29, 0.717) is 11.5 Å². The molecular formula is C29H38N4O2S. The van der Waals surface area contributed by atoms with Crippen LogP contribution in [-0.2, 0) is 11.8 Å². The fraction of sp³-hybridized carbons (Fsp3) is 0.414. The number of nitrogens with one attached hydrogen (secondary N) is 1. The SMILES string of the molecule is CC(C)(C)Sc1nc(-c2ccc(C(C)(C)C)cc2)nc2cc(=O)[nH]n12.CCOc1ccc(CC)cc1. The maximum atomic E-state index is 11.8. The van der Waals surface area contributed by atoms with Gasteiger partial charge in [-0.3, -0.25) is 9.89 Å². The lowest BCUT2D eigenvalue weighted by Gasteiger charge is -2.19. The van der Waals surface area contributed by atoms with E-state index in [0.717, 1.165) is 29.5 Å². The fourth-order valence-corrected chi connectivity index (χ4v) is 4.37. The number of nitrogens with zero attached hydrogens (tertiary/aromatic N) is 3. The van der Waals surface area contributed by atoms with E-state index in [1.165, 1.54) is 17.2 Å². The highest BCUT2D eigenvalue weighted by Gasteiger charge is 2.19. The number of hydrogen-bond donors (Lipinski definition) is 1. The Hall–Kier alpha value is -3.06. The minimum Gasteiger partial charge on any atom is -0.494 e. The Balaban J connectivity index is 0.000000275. The molecule has 2 aromatic carbocycles. The Morgan fingerprint density at radius 1 is 0.917 bits per heavy atom. The summed E-state index contributed by atoms with van der Waals surface area (Å²) in [6.45, 7) is 17.8. The number of aromatic nitrogens is 4. The molecule has 192 valence electrons. The van der Waals surface area contributed by atoms with Crippen LogP contribution in [0, 0.1) is 0 Å². The van der Waals surface area contributed by atoms with Crippen molar-refractivity contribution in [3.8, 4) is 17.1 Å². The maximum absolute atomic E-state index is 11.8. The van der Waals surface area contributed by atoms with E-state index in [1.54, 1.807) is 16.3 Å². The van der Waals surface area contributed by atoms with Gasteiger partial charge in [-0.15, -0.1) is 0 Å². The van der Waals surface area contributed by atoms with Crippen molar-refractivity contribution >= 4 is 17.4 Å². The van der Waals surface area contributed by atoms with Gasteiger partial charge in [-0.25, -0.2) is 14.5 Å². The number of hydrogen-bond acceptors (Lipinski definition) is 5. The molecule has 6 nitrogen and oxygen atoms in total. The average molecular weight is 507 g/mol. The second-order valence-corrected chi connectivity index (χ2v) is 12.4. The predicted octanol–water partition coefficient (Wildman–Crippen LogP) is 6.92. The second kappa shape index (κ2) is 11.3. The third-order valence-electron chi connectivity index (χ3n) is 5.37. The van der Waals surface area contributed by atoms with Crippen LogP contribution in [-0.4, -0.2) is 30.9 Å². The molecule has 0 saturated heterocycles. The largest absolute Gasteiger partial charge is 0.494 e. The van der Waals surface area contributed by atoms with Gasteiger partial charge in [-0.05, 0) is 42.0 Å². The van der Waals surface area contributed by atoms with E-state index in [9.17, 15) is 4.79 Å². The van der Waals surface area contributed by atoms with E-state index in [-0.39, 0.29) is 15.7 Å².